The second-order valence-corrected chi connectivity index (χ2v) is 7.47. The summed E-state index contributed by atoms with van der Waals surface area (Å²) in [5.41, 5.74) is 5.40. The zero-order valence-corrected chi connectivity index (χ0v) is 16.2. The number of hydrogen-bond donors (Lipinski definition) is 2. The predicted molar refractivity (Wildman–Crippen MR) is 110 cm³/mol. The molecule has 27 heavy (non-hydrogen) atoms. The molecule has 5 heteroatoms. The zero-order chi connectivity index (χ0) is 18.8. The maximum atomic E-state index is 12.9. The first kappa shape index (κ1) is 17.7. The zero-order valence-electron chi connectivity index (χ0n) is 15.4. The minimum atomic E-state index is -0.142. The number of carbonyl (C=O) groups excluding carboxylic acids is 1. The van der Waals surface area contributed by atoms with Crippen LogP contribution in [0.25, 0.3) is 5.69 Å². The van der Waals surface area contributed by atoms with Crippen LogP contribution < -0.4 is 5.32 Å². The van der Waals surface area contributed by atoms with Crippen molar-refractivity contribution >= 4 is 18.1 Å². The Morgan fingerprint density at radius 3 is 2.63 bits per heavy atom. The van der Waals surface area contributed by atoms with E-state index >= 15 is 0 Å². The van der Waals surface area contributed by atoms with E-state index in [0.29, 0.717) is 10.5 Å². The molecule has 0 saturated heterocycles. The van der Waals surface area contributed by atoms with Gasteiger partial charge < -0.3 is 10.3 Å². The van der Waals surface area contributed by atoms with Crippen LogP contribution in [-0.4, -0.2) is 15.5 Å². The molecule has 1 aromatic heterocycles. The molecule has 4 nitrogen and oxygen atoms in total. The van der Waals surface area contributed by atoms with Crippen LogP contribution >= 0.6 is 12.2 Å². The highest BCUT2D eigenvalue weighted by atomic mass is 32.1. The number of H-pyrrole nitrogens is 1. The van der Waals surface area contributed by atoms with E-state index in [1.54, 1.807) is 10.8 Å². The monoisotopic (exact) mass is 377 g/mol. The number of aryl methyl sites for hydroxylation is 2. The van der Waals surface area contributed by atoms with Crippen molar-refractivity contribution in [2.45, 2.75) is 38.6 Å². The maximum Gasteiger partial charge on any atom is 0.270 e. The van der Waals surface area contributed by atoms with Gasteiger partial charge in [0.05, 0.1) is 6.04 Å². The van der Waals surface area contributed by atoms with Crippen molar-refractivity contribution in [1.29, 1.82) is 0 Å². The molecule has 0 spiro atoms. The molecule has 138 valence electrons. The first-order valence-electron chi connectivity index (χ1n) is 9.42. The number of carbonyl (C=O) groups is 1. The number of aromatic nitrogens is 2. The smallest absolute Gasteiger partial charge is 0.270 e. The van der Waals surface area contributed by atoms with Crippen LogP contribution in [0.1, 0.15) is 53.0 Å². The van der Waals surface area contributed by atoms with E-state index in [1.807, 2.05) is 37.3 Å². The molecule has 2 aromatic carbocycles. The minimum Gasteiger partial charge on any atom is -0.344 e. The van der Waals surface area contributed by atoms with Gasteiger partial charge in [0.25, 0.3) is 5.91 Å². The molecule has 2 N–H and O–H groups in total. The quantitative estimate of drug-likeness (QED) is 0.635. The summed E-state index contributed by atoms with van der Waals surface area (Å²) < 4.78 is 2.28. The SMILES string of the molecule is C[C@H](NC(=O)c1c[nH]c(=S)n1-c1ccccc1)c1ccc2c(c1)CCCC2. The Bertz CT molecular complexity index is 1020. The Hall–Kier alpha value is -2.66. The largest absolute Gasteiger partial charge is 0.344 e. The highest BCUT2D eigenvalue weighted by Gasteiger charge is 2.18. The number of fused-ring (bicyclic) bond motifs is 1. The van der Waals surface area contributed by atoms with Crippen LogP contribution in [-0.2, 0) is 12.8 Å². The van der Waals surface area contributed by atoms with Crippen LogP contribution in [0.4, 0.5) is 0 Å². The molecule has 0 unspecified atom stereocenters. The Kier molecular flexibility index (Phi) is 4.94. The summed E-state index contributed by atoms with van der Waals surface area (Å²) in [7, 11) is 0. The number of aromatic amines is 1. The van der Waals surface area contributed by atoms with Crippen molar-refractivity contribution in [3.63, 3.8) is 0 Å². The van der Waals surface area contributed by atoms with Crippen LogP contribution in [0, 0.1) is 4.77 Å². The van der Waals surface area contributed by atoms with Gasteiger partial charge >= 0.3 is 0 Å². The average molecular weight is 378 g/mol. The fourth-order valence-corrected chi connectivity index (χ4v) is 4.01. The van der Waals surface area contributed by atoms with Gasteiger partial charge in [-0.2, -0.15) is 0 Å². The Balaban J connectivity index is 1.57. The van der Waals surface area contributed by atoms with Gasteiger partial charge in [0.2, 0.25) is 0 Å². The molecule has 1 heterocycles. The number of hydrogen-bond acceptors (Lipinski definition) is 2. The van der Waals surface area contributed by atoms with E-state index in [-0.39, 0.29) is 11.9 Å². The van der Waals surface area contributed by atoms with Crippen LogP contribution in [0.5, 0.6) is 0 Å². The van der Waals surface area contributed by atoms with Crippen LogP contribution in [0.15, 0.2) is 54.7 Å². The van der Waals surface area contributed by atoms with E-state index in [0.717, 1.165) is 17.7 Å². The average Bonchev–Trinajstić information content (AvgIpc) is 3.09. The molecule has 4 rings (SSSR count). The number of benzene rings is 2. The molecule has 3 aromatic rings. The molecule has 1 amide bonds. The van der Waals surface area contributed by atoms with E-state index < -0.39 is 0 Å². The third-order valence-electron chi connectivity index (χ3n) is 5.24. The summed E-state index contributed by atoms with van der Waals surface area (Å²) in [6, 6.07) is 16.2. The fraction of sp³-hybridized carbons (Fsp3) is 0.273. The lowest BCUT2D eigenvalue weighted by molar-refractivity contribution is 0.0933. The fourth-order valence-electron chi connectivity index (χ4n) is 3.75. The topological polar surface area (TPSA) is 49.8 Å². The van der Waals surface area contributed by atoms with Gasteiger partial charge in [0.15, 0.2) is 4.77 Å². The highest BCUT2D eigenvalue weighted by Crippen LogP contribution is 2.25. The van der Waals surface area contributed by atoms with E-state index in [4.69, 9.17) is 12.2 Å². The number of rotatable bonds is 4. The predicted octanol–water partition coefficient (Wildman–Crippen LogP) is 4.90. The van der Waals surface area contributed by atoms with E-state index in [1.165, 1.54) is 30.4 Å². The number of nitrogens with zero attached hydrogens (tertiary/aromatic N) is 1. The number of para-hydroxylation sites is 1. The van der Waals surface area contributed by atoms with Crippen molar-refractivity contribution in [3.05, 3.63) is 81.9 Å². The number of nitrogens with one attached hydrogen (secondary N) is 2. The summed E-state index contributed by atoms with van der Waals surface area (Å²) in [6.45, 7) is 2.02. The Morgan fingerprint density at radius 2 is 1.85 bits per heavy atom. The van der Waals surface area contributed by atoms with Crippen LogP contribution in [0.3, 0.4) is 0 Å². The summed E-state index contributed by atoms with van der Waals surface area (Å²) in [5, 5.41) is 3.12. The molecule has 0 bridgehead atoms. The molecule has 0 saturated carbocycles. The normalized spacial score (nSPS) is 14.4. The van der Waals surface area contributed by atoms with Crippen LogP contribution in [0.2, 0.25) is 0 Å². The molecule has 0 aliphatic heterocycles. The summed E-state index contributed by atoms with van der Waals surface area (Å²) in [4.78, 5) is 15.9. The first-order valence-corrected chi connectivity index (χ1v) is 9.83. The van der Waals surface area contributed by atoms with Gasteiger partial charge in [-0.05, 0) is 73.6 Å². The minimum absolute atomic E-state index is 0.0718. The van der Waals surface area contributed by atoms with E-state index in [2.05, 4.69) is 28.5 Å². The molecule has 0 radical (unpaired) electrons. The van der Waals surface area contributed by atoms with Gasteiger partial charge in [-0.3, -0.25) is 9.36 Å². The number of imidazole rings is 1. The molecule has 1 aliphatic carbocycles. The molecule has 0 fully saturated rings. The lowest BCUT2D eigenvalue weighted by atomic mass is 9.89. The van der Waals surface area contributed by atoms with Crippen molar-refractivity contribution in [2.24, 2.45) is 0 Å². The van der Waals surface area contributed by atoms with Gasteiger partial charge in [-0.25, -0.2) is 0 Å². The number of amides is 1. The molecule has 1 aliphatic rings. The van der Waals surface area contributed by atoms with Gasteiger partial charge in [-0.15, -0.1) is 0 Å². The van der Waals surface area contributed by atoms with Crippen molar-refractivity contribution in [1.82, 2.24) is 14.9 Å². The Morgan fingerprint density at radius 1 is 1.11 bits per heavy atom. The Labute approximate surface area is 164 Å². The second-order valence-electron chi connectivity index (χ2n) is 7.08. The van der Waals surface area contributed by atoms with Gasteiger partial charge in [-0.1, -0.05) is 36.4 Å². The molecular weight excluding hydrogens is 354 g/mol. The third kappa shape index (κ3) is 3.60. The molecule has 1 atom stereocenters. The summed E-state index contributed by atoms with van der Waals surface area (Å²) in [5.74, 6) is -0.142. The lowest BCUT2D eigenvalue weighted by Crippen LogP contribution is -2.28. The van der Waals surface area contributed by atoms with Crippen molar-refractivity contribution in [3.8, 4) is 5.69 Å². The standard InChI is InChI=1S/C22H23N3OS/c1-15(17-12-11-16-7-5-6-8-18(16)13-17)24-21(26)20-14-23-22(27)25(20)19-9-3-2-4-10-19/h2-4,9-15H,5-8H2,1H3,(H,23,27)(H,24,26)/t15-/m0/s1. The third-order valence-corrected chi connectivity index (χ3v) is 5.54. The van der Waals surface area contributed by atoms with Crippen molar-refractivity contribution < 1.29 is 4.79 Å². The van der Waals surface area contributed by atoms with Gasteiger partial charge in [0, 0.05) is 11.9 Å². The molecular formula is C22H23N3OS. The van der Waals surface area contributed by atoms with E-state index in [9.17, 15) is 4.79 Å². The highest BCUT2D eigenvalue weighted by molar-refractivity contribution is 7.71. The summed E-state index contributed by atoms with van der Waals surface area (Å²) >= 11 is 5.38. The second kappa shape index (κ2) is 7.53. The maximum absolute atomic E-state index is 12.9. The lowest BCUT2D eigenvalue weighted by Gasteiger charge is -2.20. The first-order chi connectivity index (χ1) is 13.1. The van der Waals surface area contributed by atoms with Gasteiger partial charge in [0.1, 0.15) is 5.69 Å². The summed E-state index contributed by atoms with van der Waals surface area (Å²) in [6.07, 6.45) is 6.49. The van der Waals surface area contributed by atoms with Crippen molar-refractivity contribution in [2.75, 3.05) is 0 Å².